The van der Waals surface area contributed by atoms with Crippen LogP contribution >= 0.6 is 0 Å². The van der Waals surface area contributed by atoms with Crippen LogP contribution in [0.25, 0.3) is 11.6 Å². The lowest BCUT2D eigenvalue weighted by Gasteiger charge is -2.08. The van der Waals surface area contributed by atoms with Gasteiger partial charge in [-0.15, -0.1) is 0 Å². The first-order chi connectivity index (χ1) is 10.2. The lowest BCUT2D eigenvalue weighted by molar-refractivity contribution is 0.394. The van der Waals surface area contributed by atoms with Gasteiger partial charge in [0.25, 0.3) is 0 Å². The van der Waals surface area contributed by atoms with Gasteiger partial charge in [-0.2, -0.15) is 5.26 Å². The predicted molar refractivity (Wildman–Crippen MR) is 79.4 cm³/mol. The van der Waals surface area contributed by atoms with Gasteiger partial charge in [-0.25, -0.2) is 4.39 Å². The monoisotopic (exact) mass is 283 g/mol. The third kappa shape index (κ3) is 3.40. The number of nitrogens with zero attached hydrogens (tertiary/aromatic N) is 1. The van der Waals surface area contributed by atoms with Crippen LogP contribution in [-0.4, -0.2) is 14.2 Å². The normalized spacial score (nSPS) is 10.9. The van der Waals surface area contributed by atoms with Gasteiger partial charge in [-0.3, -0.25) is 0 Å². The quantitative estimate of drug-likeness (QED) is 0.631. The predicted octanol–water partition coefficient (Wildman–Crippen LogP) is 3.91. The average Bonchev–Trinajstić information content (AvgIpc) is 2.52. The largest absolute Gasteiger partial charge is 0.497 e. The van der Waals surface area contributed by atoms with E-state index in [-0.39, 0.29) is 5.82 Å². The molecule has 0 N–H and O–H groups in total. The molecule has 0 saturated heterocycles. The third-order valence-corrected chi connectivity index (χ3v) is 3.00. The lowest BCUT2D eigenvalue weighted by Crippen LogP contribution is -1.91. The third-order valence-electron chi connectivity index (χ3n) is 3.00. The Hall–Kier alpha value is -2.80. The van der Waals surface area contributed by atoms with Gasteiger partial charge in [-0.1, -0.05) is 12.1 Å². The zero-order chi connectivity index (χ0) is 15.2. The van der Waals surface area contributed by atoms with Crippen LogP contribution in [0, 0.1) is 17.1 Å². The standard InChI is InChI=1S/C17H14FNO2/c1-20-16-7-6-13(17(10-16)21-2)8-14(11-19)12-4-3-5-15(18)9-12/h3-10H,1-2H3/b14-8+. The summed E-state index contributed by atoms with van der Waals surface area (Å²) in [6.45, 7) is 0. The Morgan fingerprint density at radius 1 is 1.14 bits per heavy atom. The van der Waals surface area contributed by atoms with Crippen LogP contribution in [0.5, 0.6) is 11.5 Å². The Morgan fingerprint density at radius 2 is 1.95 bits per heavy atom. The minimum atomic E-state index is -0.379. The molecule has 2 aromatic carbocycles. The minimum absolute atomic E-state index is 0.359. The molecule has 0 radical (unpaired) electrons. The Morgan fingerprint density at radius 3 is 2.57 bits per heavy atom. The summed E-state index contributed by atoms with van der Waals surface area (Å²) in [6.07, 6.45) is 1.66. The molecule has 0 atom stereocenters. The average molecular weight is 283 g/mol. The topological polar surface area (TPSA) is 42.2 Å². The molecule has 0 amide bonds. The molecule has 21 heavy (non-hydrogen) atoms. The van der Waals surface area contributed by atoms with Crippen molar-refractivity contribution in [2.45, 2.75) is 0 Å². The van der Waals surface area contributed by atoms with Crippen molar-refractivity contribution in [2.75, 3.05) is 14.2 Å². The summed E-state index contributed by atoms with van der Waals surface area (Å²) in [5, 5.41) is 9.29. The van der Waals surface area contributed by atoms with Crippen molar-refractivity contribution >= 4 is 11.6 Å². The Labute approximate surface area is 122 Å². The molecule has 0 aliphatic carbocycles. The van der Waals surface area contributed by atoms with Gasteiger partial charge < -0.3 is 9.47 Å². The molecule has 0 fully saturated rings. The molecule has 0 aliphatic heterocycles. The van der Waals surface area contributed by atoms with Crippen LogP contribution in [0.1, 0.15) is 11.1 Å². The first-order valence-electron chi connectivity index (χ1n) is 6.27. The Kier molecular flexibility index (Phi) is 4.57. The first kappa shape index (κ1) is 14.6. The zero-order valence-corrected chi connectivity index (χ0v) is 11.8. The van der Waals surface area contributed by atoms with Crippen LogP contribution in [0.4, 0.5) is 4.39 Å². The van der Waals surface area contributed by atoms with E-state index in [2.05, 4.69) is 6.07 Å². The minimum Gasteiger partial charge on any atom is -0.497 e. The summed E-state index contributed by atoms with van der Waals surface area (Å²) in [7, 11) is 3.11. The lowest BCUT2D eigenvalue weighted by atomic mass is 10.0. The highest BCUT2D eigenvalue weighted by Crippen LogP contribution is 2.28. The number of hydrogen-bond donors (Lipinski definition) is 0. The van der Waals surface area contributed by atoms with E-state index < -0.39 is 0 Å². The summed E-state index contributed by atoms with van der Waals surface area (Å²) in [5.41, 5.74) is 1.60. The number of ether oxygens (including phenoxy) is 2. The molecular formula is C17H14FNO2. The number of hydrogen-bond acceptors (Lipinski definition) is 3. The van der Waals surface area contributed by atoms with Crippen molar-refractivity contribution in [1.29, 1.82) is 5.26 Å². The van der Waals surface area contributed by atoms with Crippen molar-refractivity contribution in [3.8, 4) is 17.6 Å². The summed E-state index contributed by atoms with van der Waals surface area (Å²) in [4.78, 5) is 0. The first-order valence-corrected chi connectivity index (χ1v) is 6.27. The van der Waals surface area contributed by atoms with Crippen LogP contribution in [0.15, 0.2) is 42.5 Å². The molecule has 3 nitrogen and oxygen atoms in total. The highest BCUT2D eigenvalue weighted by molar-refractivity contribution is 5.90. The zero-order valence-electron chi connectivity index (χ0n) is 11.8. The summed E-state index contributed by atoms with van der Waals surface area (Å²) in [6, 6.07) is 13.3. The van der Waals surface area contributed by atoms with Gasteiger partial charge in [0.1, 0.15) is 17.3 Å². The van der Waals surface area contributed by atoms with E-state index in [9.17, 15) is 9.65 Å². The maximum Gasteiger partial charge on any atom is 0.129 e. The van der Waals surface area contributed by atoms with E-state index in [0.717, 1.165) is 5.56 Å². The molecule has 0 heterocycles. The maximum absolute atomic E-state index is 13.3. The van der Waals surface area contributed by atoms with Crippen molar-refractivity contribution in [3.63, 3.8) is 0 Å². The van der Waals surface area contributed by atoms with E-state index >= 15 is 0 Å². The molecule has 106 valence electrons. The molecule has 2 aromatic rings. The molecule has 0 unspecified atom stereocenters. The fourth-order valence-electron chi connectivity index (χ4n) is 1.93. The van der Waals surface area contributed by atoms with Crippen molar-refractivity contribution in [3.05, 3.63) is 59.4 Å². The van der Waals surface area contributed by atoms with Gasteiger partial charge in [0, 0.05) is 11.6 Å². The van der Waals surface area contributed by atoms with Gasteiger partial charge in [0.2, 0.25) is 0 Å². The van der Waals surface area contributed by atoms with Gasteiger partial charge in [0.05, 0.1) is 25.9 Å². The van der Waals surface area contributed by atoms with Gasteiger partial charge in [0.15, 0.2) is 0 Å². The summed E-state index contributed by atoms with van der Waals surface area (Å²) in [5.74, 6) is 0.863. The molecule has 0 aromatic heterocycles. The van der Waals surface area contributed by atoms with E-state index in [1.807, 2.05) is 0 Å². The van der Waals surface area contributed by atoms with Gasteiger partial charge >= 0.3 is 0 Å². The molecule has 2 rings (SSSR count). The fourth-order valence-corrected chi connectivity index (χ4v) is 1.93. The second kappa shape index (κ2) is 6.58. The highest BCUT2D eigenvalue weighted by atomic mass is 19.1. The van der Waals surface area contributed by atoms with E-state index in [1.54, 1.807) is 50.6 Å². The number of nitriles is 1. The van der Waals surface area contributed by atoms with Crippen LogP contribution in [0.2, 0.25) is 0 Å². The number of allylic oxidation sites excluding steroid dienone is 1. The van der Waals surface area contributed by atoms with E-state index in [0.29, 0.717) is 22.6 Å². The number of halogens is 1. The fraction of sp³-hybridized carbons (Fsp3) is 0.118. The molecule has 4 heteroatoms. The van der Waals surface area contributed by atoms with Crippen LogP contribution < -0.4 is 9.47 Å². The molecule has 0 bridgehead atoms. The second-order valence-corrected chi connectivity index (χ2v) is 4.29. The Bertz CT molecular complexity index is 717. The van der Waals surface area contributed by atoms with Crippen LogP contribution in [-0.2, 0) is 0 Å². The Balaban J connectivity index is 2.48. The van der Waals surface area contributed by atoms with E-state index in [4.69, 9.17) is 9.47 Å². The second-order valence-electron chi connectivity index (χ2n) is 4.29. The van der Waals surface area contributed by atoms with Crippen molar-refractivity contribution in [2.24, 2.45) is 0 Å². The van der Waals surface area contributed by atoms with Gasteiger partial charge in [-0.05, 0) is 35.9 Å². The molecule has 0 aliphatic rings. The molecule has 0 saturated carbocycles. The van der Waals surface area contributed by atoms with E-state index in [1.165, 1.54) is 12.1 Å². The van der Waals surface area contributed by atoms with Crippen LogP contribution in [0.3, 0.4) is 0 Å². The summed E-state index contributed by atoms with van der Waals surface area (Å²) >= 11 is 0. The smallest absolute Gasteiger partial charge is 0.129 e. The summed E-state index contributed by atoms with van der Waals surface area (Å²) < 4.78 is 23.7. The molecular weight excluding hydrogens is 269 g/mol. The number of benzene rings is 2. The maximum atomic E-state index is 13.3. The van der Waals surface area contributed by atoms with Crippen molar-refractivity contribution in [1.82, 2.24) is 0 Å². The SMILES string of the molecule is COc1ccc(/C=C(\C#N)c2cccc(F)c2)c(OC)c1. The van der Waals surface area contributed by atoms with Crippen molar-refractivity contribution < 1.29 is 13.9 Å². The highest BCUT2D eigenvalue weighted by Gasteiger charge is 2.07. The number of rotatable bonds is 4. The molecule has 0 spiro atoms. The number of methoxy groups -OCH3 is 2.